The number of hydrogen-bond acceptors (Lipinski definition) is 8. The van der Waals surface area contributed by atoms with Crippen LogP contribution >= 0.6 is 11.3 Å². The van der Waals surface area contributed by atoms with Crippen LogP contribution in [-0.4, -0.2) is 53.7 Å². The van der Waals surface area contributed by atoms with Gasteiger partial charge in [-0.05, 0) is 12.8 Å². The summed E-state index contributed by atoms with van der Waals surface area (Å²) in [6.07, 6.45) is 2.80. The lowest BCUT2D eigenvalue weighted by atomic mass is 9.96. The van der Waals surface area contributed by atoms with Crippen LogP contribution < -0.4 is 15.8 Å². The molecule has 10 heteroatoms. The highest BCUT2D eigenvalue weighted by Crippen LogP contribution is 2.29. The molecule has 1 aliphatic heterocycles. The number of piperidine rings is 1. The van der Waals surface area contributed by atoms with Gasteiger partial charge >= 0.3 is 5.97 Å². The Labute approximate surface area is 147 Å². The third kappa shape index (κ3) is 3.48. The van der Waals surface area contributed by atoms with Crippen molar-refractivity contribution in [1.82, 2.24) is 19.9 Å². The summed E-state index contributed by atoms with van der Waals surface area (Å²) in [5.74, 6) is -0.424. The molecule has 2 aromatic heterocycles. The highest BCUT2D eigenvalue weighted by atomic mass is 32.1. The molecule has 1 aliphatic rings. The van der Waals surface area contributed by atoms with E-state index in [1.807, 2.05) is 0 Å². The number of amides is 1. The first-order chi connectivity index (χ1) is 12.0. The number of aromatic nitrogens is 3. The molecule has 0 aliphatic carbocycles. The van der Waals surface area contributed by atoms with Gasteiger partial charge in [0.05, 0.1) is 7.11 Å². The van der Waals surface area contributed by atoms with Gasteiger partial charge in [0.25, 0.3) is 5.56 Å². The van der Waals surface area contributed by atoms with Gasteiger partial charge in [-0.1, -0.05) is 11.3 Å². The van der Waals surface area contributed by atoms with Crippen molar-refractivity contribution in [1.29, 1.82) is 0 Å². The summed E-state index contributed by atoms with van der Waals surface area (Å²) >= 11 is 1.26. The number of fused-ring (bicyclic) bond motifs is 1. The zero-order valence-corrected chi connectivity index (χ0v) is 14.8. The third-order valence-corrected chi connectivity index (χ3v) is 5.38. The van der Waals surface area contributed by atoms with Crippen molar-refractivity contribution in [2.75, 3.05) is 32.1 Å². The third-order valence-electron chi connectivity index (χ3n) is 4.28. The number of carbonyl (C=O) groups is 2. The van der Waals surface area contributed by atoms with Crippen LogP contribution in [0.2, 0.25) is 0 Å². The standard InChI is InChI=1S/C15H19N5O4S/c1-16-13(22)9-3-5-19(6-4-9)15-18-12-11(25-15)14(23)20(8-17-12)7-10(21)24-2/h8-9H,3-7H2,1-2H3,(H,16,22). The summed E-state index contributed by atoms with van der Waals surface area (Å²) in [4.78, 5) is 46.2. The smallest absolute Gasteiger partial charge is 0.325 e. The number of thiazole rings is 1. The van der Waals surface area contributed by atoms with Crippen molar-refractivity contribution >= 4 is 38.7 Å². The number of ether oxygens (including phenoxy) is 1. The van der Waals surface area contributed by atoms with E-state index in [9.17, 15) is 14.4 Å². The Kier molecular flexibility index (Phi) is 4.98. The molecular formula is C15H19N5O4S. The van der Waals surface area contributed by atoms with Gasteiger partial charge in [0.15, 0.2) is 10.8 Å². The normalized spacial score (nSPS) is 15.4. The van der Waals surface area contributed by atoms with E-state index in [-0.39, 0.29) is 23.9 Å². The van der Waals surface area contributed by atoms with Crippen LogP contribution in [0.25, 0.3) is 10.3 Å². The van der Waals surface area contributed by atoms with Crippen LogP contribution in [0.4, 0.5) is 5.13 Å². The van der Waals surface area contributed by atoms with Gasteiger partial charge in [-0.15, -0.1) is 0 Å². The Morgan fingerprint density at radius 2 is 2.12 bits per heavy atom. The number of rotatable bonds is 4. The van der Waals surface area contributed by atoms with Crippen LogP contribution in [0, 0.1) is 5.92 Å². The Morgan fingerprint density at radius 1 is 1.40 bits per heavy atom. The lowest BCUT2D eigenvalue weighted by Gasteiger charge is -2.30. The summed E-state index contributed by atoms with van der Waals surface area (Å²) in [6.45, 7) is 1.23. The molecule has 134 valence electrons. The molecule has 1 fully saturated rings. The summed E-state index contributed by atoms with van der Waals surface area (Å²) in [7, 11) is 2.92. The summed E-state index contributed by atoms with van der Waals surface area (Å²) in [5, 5.41) is 3.40. The molecular weight excluding hydrogens is 346 g/mol. The molecule has 1 amide bonds. The predicted molar refractivity (Wildman–Crippen MR) is 92.7 cm³/mol. The molecule has 1 saturated heterocycles. The van der Waals surface area contributed by atoms with Crippen LogP contribution in [-0.2, 0) is 20.9 Å². The van der Waals surface area contributed by atoms with Crippen LogP contribution in [0.3, 0.4) is 0 Å². The second kappa shape index (κ2) is 7.18. The molecule has 0 radical (unpaired) electrons. The van der Waals surface area contributed by atoms with Gasteiger partial charge in [-0.2, -0.15) is 4.98 Å². The van der Waals surface area contributed by atoms with Crippen molar-refractivity contribution in [3.8, 4) is 0 Å². The maximum Gasteiger partial charge on any atom is 0.325 e. The first-order valence-electron chi connectivity index (χ1n) is 7.92. The Morgan fingerprint density at radius 3 is 2.76 bits per heavy atom. The van der Waals surface area contributed by atoms with E-state index in [2.05, 4.69) is 24.9 Å². The lowest BCUT2D eigenvalue weighted by molar-refractivity contribution is -0.141. The van der Waals surface area contributed by atoms with E-state index >= 15 is 0 Å². The number of methoxy groups -OCH3 is 1. The predicted octanol–water partition coefficient (Wildman–Crippen LogP) is -0.0116. The largest absolute Gasteiger partial charge is 0.468 e. The highest BCUT2D eigenvalue weighted by molar-refractivity contribution is 7.22. The number of nitrogens with zero attached hydrogens (tertiary/aromatic N) is 4. The molecule has 0 aromatic carbocycles. The number of anilines is 1. The number of esters is 1. The van der Waals surface area contributed by atoms with Crippen molar-refractivity contribution in [2.24, 2.45) is 5.92 Å². The van der Waals surface area contributed by atoms with Gasteiger partial charge in [-0.25, -0.2) is 4.98 Å². The monoisotopic (exact) mass is 365 g/mol. The minimum absolute atomic E-state index is 0.0195. The second-order valence-corrected chi connectivity index (χ2v) is 6.76. The molecule has 0 spiro atoms. The quantitative estimate of drug-likeness (QED) is 0.760. The molecule has 1 N–H and O–H groups in total. The van der Waals surface area contributed by atoms with Crippen molar-refractivity contribution in [2.45, 2.75) is 19.4 Å². The molecule has 0 bridgehead atoms. The minimum atomic E-state index is -0.510. The zero-order valence-electron chi connectivity index (χ0n) is 14.0. The summed E-state index contributed by atoms with van der Waals surface area (Å²) in [5.41, 5.74) is 0.0685. The van der Waals surface area contributed by atoms with Gasteiger partial charge in [0.2, 0.25) is 5.91 Å². The zero-order chi connectivity index (χ0) is 18.0. The Bertz CT molecular complexity index is 853. The molecule has 9 nitrogen and oxygen atoms in total. The fourth-order valence-electron chi connectivity index (χ4n) is 2.82. The molecule has 3 heterocycles. The lowest BCUT2D eigenvalue weighted by Crippen LogP contribution is -2.39. The van der Waals surface area contributed by atoms with Crippen LogP contribution in [0.5, 0.6) is 0 Å². The highest BCUT2D eigenvalue weighted by Gasteiger charge is 2.26. The number of hydrogen-bond donors (Lipinski definition) is 1. The van der Waals surface area contributed by atoms with E-state index in [4.69, 9.17) is 0 Å². The number of carbonyl (C=O) groups excluding carboxylic acids is 2. The van der Waals surface area contributed by atoms with E-state index in [0.29, 0.717) is 28.6 Å². The van der Waals surface area contributed by atoms with Gasteiger partial charge in [0, 0.05) is 26.1 Å². The molecule has 0 unspecified atom stereocenters. The molecule has 0 saturated carbocycles. The first-order valence-corrected chi connectivity index (χ1v) is 8.74. The fourth-order valence-corrected chi connectivity index (χ4v) is 3.84. The van der Waals surface area contributed by atoms with Crippen molar-refractivity contribution < 1.29 is 14.3 Å². The Hall–Kier alpha value is -2.49. The van der Waals surface area contributed by atoms with Crippen molar-refractivity contribution in [3.63, 3.8) is 0 Å². The topological polar surface area (TPSA) is 106 Å². The van der Waals surface area contributed by atoms with Gasteiger partial charge in [0.1, 0.15) is 17.6 Å². The van der Waals surface area contributed by atoms with E-state index < -0.39 is 5.97 Å². The van der Waals surface area contributed by atoms with Crippen molar-refractivity contribution in [3.05, 3.63) is 16.7 Å². The number of nitrogens with one attached hydrogen (secondary N) is 1. The first kappa shape index (κ1) is 17.3. The van der Waals surface area contributed by atoms with Crippen LogP contribution in [0.15, 0.2) is 11.1 Å². The van der Waals surface area contributed by atoms with Crippen LogP contribution in [0.1, 0.15) is 12.8 Å². The van der Waals surface area contributed by atoms with Gasteiger partial charge in [-0.3, -0.25) is 19.0 Å². The van der Waals surface area contributed by atoms with Gasteiger partial charge < -0.3 is 15.0 Å². The molecule has 0 atom stereocenters. The summed E-state index contributed by atoms with van der Waals surface area (Å²) < 4.78 is 6.21. The maximum atomic E-state index is 12.5. The minimum Gasteiger partial charge on any atom is -0.468 e. The second-order valence-electron chi connectivity index (χ2n) is 5.78. The Balaban J connectivity index is 1.80. The summed E-state index contributed by atoms with van der Waals surface area (Å²) in [6, 6.07) is 0. The maximum absolute atomic E-state index is 12.5. The SMILES string of the molecule is CNC(=O)C1CCN(c2nc3ncn(CC(=O)OC)c(=O)c3s2)CC1. The molecule has 2 aromatic rings. The fraction of sp³-hybridized carbons (Fsp3) is 0.533. The molecule has 3 rings (SSSR count). The average Bonchev–Trinajstić information content (AvgIpc) is 3.08. The van der Waals surface area contributed by atoms with E-state index in [1.165, 1.54) is 29.3 Å². The molecule has 25 heavy (non-hydrogen) atoms. The average molecular weight is 365 g/mol. The van der Waals surface area contributed by atoms with E-state index in [0.717, 1.165) is 12.8 Å². The van der Waals surface area contributed by atoms with E-state index in [1.54, 1.807) is 7.05 Å².